The standard InChI is InChI=1S/C31H36N2O8.C27H33NO6.C4H5NO3/c1-31(2,3)40-28(36)16-6-4-5-15-25(29(37)41-33-26(34)17-18-27(33)35)32-30(38)39-19-24-22-13-9-7-11-20(22)21-12-8-10-14-23(21)24;1-27(2,3)34-24(29)16-6-4-5-15-23(25(30)31)28-26(32)33-17-22-20-13-9-7-11-18(20)19-12-8-10-14-21(19)22;6-3-1-2-4(7)5(3)8/h7-14,24-25H,4-6,15-19H2,1-3H3,(H,32,38);7-14,22-23H,4-6,15-17H2,1-3H3,(H,28,32)(H,30,31);8H,1-2H2/t25-;23-;/m00./s1. The van der Waals surface area contributed by atoms with Gasteiger partial charge in [0.05, 0.1) is 0 Å². The van der Waals surface area contributed by atoms with Crippen molar-refractivity contribution in [1.82, 2.24) is 20.8 Å². The van der Waals surface area contributed by atoms with Crippen molar-refractivity contribution in [3.63, 3.8) is 0 Å². The number of benzene rings is 4. The Hall–Kier alpha value is -8.46. The van der Waals surface area contributed by atoms with E-state index in [1.54, 1.807) is 20.8 Å². The minimum Gasteiger partial charge on any atom is -0.480 e. The van der Waals surface area contributed by atoms with Crippen molar-refractivity contribution >= 4 is 59.7 Å². The molecule has 2 saturated heterocycles. The number of carboxylic acids is 1. The summed E-state index contributed by atoms with van der Waals surface area (Å²) in [7, 11) is 0. The molecule has 444 valence electrons. The maximum absolute atomic E-state index is 12.9. The summed E-state index contributed by atoms with van der Waals surface area (Å²) >= 11 is 0. The highest BCUT2D eigenvalue weighted by atomic mass is 16.7. The third-order valence-electron chi connectivity index (χ3n) is 13.7. The number of imide groups is 2. The number of carbonyl (C=O) groups is 10. The predicted octanol–water partition coefficient (Wildman–Crippen LogP) is 9.59. The Morgan fingerprint density at radius 2 is 0.843 bits per heavy atom. The van der Waals surface area contributed by atoms with Crippen molar-refractivity contribution < 1.29 is 82.0 Å². The molecule has 21 heteroatoms. The quantitative estimate of drug-likeness (QED) is 0.0198. The van der Waals surface area contributed by atoms with Gasteiger partial charge in [0.2, 0.25) is 0 Å². The first-order valence-corrected chi connectivity index (χ1v) is 27.9. The number of carboxylic acid groups (broad SMARTS) is 1. The van der Waals surface area contributed by atoms with Gasteiger partial charge in [0.25, 0.3) is 23.6 Å². The fourth-order valence-electron chi connectivity index (χ4n) is 9.82. The van der Waals surface area contributed by atoms with Crippen LogP contribution < -0.4 is 10.6 Å². The van der Waals surface area contributed by atoms with Crippen molar-refractivity contribution in [2.75, 3.05) is 13.2 Å². The lowest BCUT2D eigenvalue weighted by Gasteiger charge is -2.21. The van der Waals surface area contributed by atoms with Gasteiger partial charge >= 0.3 is 36.1 Å². The average Bonchev–Trinajstić information content (AvgIpc) is 3.15. The van der Waals surface area contributed by atoms with E-state index in [0.29, 0.717) is 43.6 Å². The summed E-state index contributed by atoms with van der Waals surface area (Å²) in [5.41, 5.74) is 7.63. The summed E-state index contributed by atoms with van der Waals surface area (Å²) in [4.78, 5) is 123. The average molecular weight is 1150 g/mol. The van der Waals surface area contributed by atoms with Crippen LogP contribution in [-0.2, 0) is 62.1 Å². The van der Waals surface area contributed by atoms with Crippen LogP contribution in [0.1, 0.15) is 166 Å². The summed E-state index contributed by atoms with van der Waals surface area (Å²) in [5, 5.41) is 23.5. The van der Waals surface area contributed by atoms with Crippen LogP contribution in [0.4, 0.5) is 9.59 Å². The third kappa shape index (κ3) is 18.8. The van der Waals surface area contributed by atoms with E-state index in [0.717, 1.165) is 44.5 Å². The van der Waals surface area contributed by atoms with Gasteiger partial charge < -0.3 is 39.5 Å². The highest BCUT2D eigenvalue weighted by molar-refractivity contribution is 6.02. The Labute approximate surface area is 482 Å². The zero-order valence-corrected chi connectivity index (χ0v) is 47.8. The van der Waals surface area contributed by atoms with Crippen LogP contribution in [0.5, 0.6) is 0 Å². The lowest BCUT2D eigenvalue weighted by atomic mass is 9.98. The monoisotopic (exact) mass is 1150 g/mol. The number of carbonyl (C=O) groups excluding carboxylic acids is 9. The highest BCUT2D eigenvalue weighted by Crippen LogP contribution is 2.46. The van der Waals surface area contributed by atoms with Crippen LogP contribution >= 0.6 is 0 Å². The number of rotatable bonds is 21. The molecule has 2 fully saturated rings. The van der Waals surface area contributed by atoms with Crippen molar-refractivity contribution in [3.8, 4) is 22.3 Å². The molecule has 6 amide bonds. The van der Waals surface area contributed by atoms with Gasteiger partial charge in [-0.1, -0.05) is 123 Å². The maximum Gasteiger partial charge on any atom is 0.407 e. The number of ether oxygens (including phenoxy) is 4. The molecule has 0 bridgehead atoms. The molecule has 4 aromatic carbocycles. The van der Waals surface area contributed by atoms with E-state index in [-0.39, 0.29) is 93.4 Å². The van der Waals surface area contributed by atoms with Crippen molar-refractivity contribution in [3.05, 3.63) is 119 Å². The normalized spacial score (nSPS) is 15.0. The van der Waals surface area contributed by atoms with Gasteiger partial charge in [-0.25, -0.2) is 19.2 Å². The number of aliphatic carboxylic acids is 1. The molecule has 4 N–H and O–H groups in total. The summed E-state index contributed by atoms with van der Waals surface area (Å²) in [5.74, 6) is -5.10. The number of unbranched alkanes of at least 4 members (excludes halogenated alkanes) is 4. The van der Waals surface area contributed by atoms with E-state index in [2.05, 4.69) is 22.8 Å². The van der Waals surface area contributed by atoms with E-state index in [1.807, 2.05) is 106 Å². The van der Waals surface area contributed by atoms with Crippen LogP contribution in [0.25, 0.3) is 22.3 Å². The summed E-state index contributed by atoms with van der Waals surface area (Å²) < 4.78 is 21.6. The van der Waals surface area contributed by atoms with Crippen molar-refractivity contribution in [1.29, 1.82) is 0 Å². The highest BCUT2D eigenvalue weighted by Gasteiger charge is 2.37. The summed E-state index contributed by atoms with van der Waals surface area (Å²) in [6.07, 6.45) is 2.98. The number of hydroxylamine groups is 4. The molecule has 2 aliphatic carbocycles. The number of alkyl carbamates (subject to hydrolysis) is 2. The molecule has 21 nitrogen and oxygen atoms in total. The number of esters is 2. The SMILES string of the molecule is CC(C)(C)OC(=O)CCCCC[C@H](NC(=O)OCC1c2ccccc2-c2ccccc21)C(=O)O.CC(C)(C)OC(=O)CCCCC[C@H](NC(=O)OCC1c2ccccc2-c2ccccc21)C(=O)ON1C(=O)CCC1=O.O=C1CCC(=O)N1O. The third-order valence-corrected chi connectivity index (χ3v) is 13.7. The second-order valence-corrected chi connectivity index (χ2v) is 22.3. The van der Waals surface area contributed by atoms with Crippen LogP contribution in [0, 0.1) is 0 Å². The van der Waals surface area contributed by atoms with Gasteiger partial charge in [-0.05, 0) is 112 Å². The second-order valence-electron chi connectivity index (χ2n) is 22.3. The molecule has 0 radical (unpaired) electrons. The number of amides is 6. The van der Waals surface area contributed by atoms with E-state index >= 15 is 0 Å². The summed E-state index contributed by atoms with van der Waals surface area (Å²) in [6, 6.07) is 29.7. The van der Waals surface area contributed by atoms with E-state index in [9.17, 15) is 53.1 Å². The second kappa shape index (κ2) is 29.5. The molecule has 2 atom stereocenters. The first kappa shape index (κ1) is 63.7. The number of hydrogen-bond acceptors (Lipinski definition) is 16. The zero-order chi connectivity index (χ0) is 60.4. The van der Waals surface area contributed by atoms with Gasteiger partial charge in [-0.2, -0.15) is 5.06 Å². The van der Waals surface area contributed by atoms with Crippen LogP contribution in [0.3, 0.4) is 0 Å². The molecule has 4 aromatic rings. The van der Waals surface area contributed by atoms with Gasteiger partial charge in [0.15, 0.2) is 0 Å². The van der Waals surface area contributed by atoms with Gasteiger partial charge in [0.1, 0.15) is 36.5 Å². The molecule has 0 saturated carbocycles. The van der Waals surface area contributed by atoms with Gasteiger partial charge in [0, 0.05) is 50.4 Å². The number of hydrogen-bond donors (Lipinski definition) is 4. The Balaban J connectivity index is 0.000000237. The van der Waals surface area contributed by atoms with Gasteiger partial charge in [-0.3, -0.25) is 34.0 Å². The lowest BCUT2D eigenvalue weighted by molar-refractivity contribution is -0.199. The lowest BCUT2D eigenvalue weighted by Crippen LogP contribution is -2.45. The predicted molar refractivity (Wildman–Crippen MR) is 300 cm³/mol. The molecule has 0 unspecified atom stereocenters. The maximum atomic E-state index is 12.9. The van der Waals surface area contributed by atoms with Crippen LogP contribution in [-0.4, -0.2) is 117 Å². The van der Waals surface area contributed by atoms with Crippen LogP contribution in [0.2, 0.25) is 0 Å². The molecule has 0 spiro atoms. The van der Waals surface area contributed by atoms with Gasteiger partial charge in [-0.15, -0.1) is 5.06 Å². The molecule has 0 aromatic heterocycles. The van der Waals surface area contributed by atoms with E-state index in [4.69, 9.17) is 29.0 Å². The minimum absolute atomic E-state index is 0.0404. The summed E-state index contributed by atoms with van der Waals surface area (Å²) in [6.45, 7) is 11.0. The fourth-order valence-corrected chi connectivity index (χ4v) is 9.82. The first-order valence-electron chi connectivity index (χ1n) is 27.9. The number of nitrogens with zero attached hydrogens (tertiary/aromatic N) is 2. The van der Waals surface area contributed by atoms with Crippen molar-refractivity contribution in [2.45, 2.75) is 167 Å². The van der Waals surface area contributed by atoms with E-state index in [1.165, 1.54) is 0 Å². The molecular formula is C62H74N4O17. The molecular weight excluding hydrogens is 1070 g/mol. The molecule has 2 aliphatic heterocycles. The molecule has 83 heavy (non-hydrogen) atoms. The number of fused-ring (bicyclic) bond motifs is 6. The Morgan fingerprint density at radius 3 is 1.18 bits per heavy atom. The van der Waals surface area contributed by atoms with E-state index < -0.39 is 71.0 Å². The molecule has 2 heterocycles. The Kier molecular flexibility index (Phi) is 22.6. The topological polar surface area (TPSA) is 288 Å². The van der Waals surface area contributed by atoms with Crippen LogP contribution in [0.15, 0.2) is 97.1 Å². The Morgan fingerprint density at radius 1 is 0.506 bits per heavy atom. The zero-order valence-electron chi connectivity index (χ0n) is 47.8. The smallest absolute Gasteiger partial charge is 0.407 e. The Bertz CT molecular complexity index is 2890. The largest absolute Gasteiger partial charge is 0.480 e. The molecule has 8 rings (SSSR count). The molecule has 4 aliphatic rings. The number of nitrogens with one attached hydrogen (secondary N) is 2. The van der Waals surface area contributed by atoms with Crippen molar-refractivity contribution in [2.24, 2.45) is 0 Å². The minimum atomic E-state index is -1.16. The fraction of sp³-hybridized carbons (Fsp3) is 0.452. The first-order chi connectivity index (χ1) is 39.4.